The van der Waals surface area contributed by atoms with Gasteiger partial charge in [0.15, 0.2) is 0 Å². The highest BCUT2D eigenvalue weighted by molar-refractivity contribution is 7.07. The number of aliphatic hydroxyl groups excluding tert-OH is 1. The van der Waals surface area contributed by atoms with Crippen molar-refractivity contribution in [2.45, 2.75) is 26.2 Å². The number of furan rings is 2. The molecule has 0 radical (unpaired) electrons. The van der Waals surface area contributed by atoms with Gasteiger partial charge in [-0.3, -0.25) is 4.90 Å². The van der Waals surface area contributed by atoms with Gasteiger partial charge in [0.25, 0.3) is 0 Å². The van der Waals surface area contributed by atoms with Crippen LogP contribution in [0.3, 0.4) is 0 Å². The molecular weight excluding hydrogens is 286 g/mol. The second-order valence-corrected chi connectivity index (χ2v) is 5.66. The van der Waals surface area contributed by atoms with Gasteiger partial charge in [0, 0.05) is 6.54 Å². The van der Waals surface area contributed by atoms with Crippen LogP contribution in [0, 0.1) is 0 Å². The van der Waals surface area contributed by atoms with Gasteiger partial charge in [0.2, 0.25) is 0 Å². The normalized spacial score (nSPS) is 11.3. The number of rotatable bonds is 7. The zero-order valence-corrected chi connectivity index (χ0v) is 12.4. The van der Waals surface area contributed by atoms with E-state index in [0.717, 1.165) is 24.6 Å². The second-order valence-electron chi connectivity index (χ2n) is 4.88. The molecule has 0 unspecified atom stereocenters. The molecule has 3 heterocycles. The predicted molar refractivity (Wildman–Crippen MR) is 80.6 cm³/mol. The number of thiophene rings is 1. The monoisotopic (exact) mass is 303 g/mol. The van der Waals surface area contributed by atoms with Crippen molar-refractivity contribution >= 4 is 11.3 Å². The number of hydrogen-bond acceptors (Lipinski definition) is 5. The van der Waals surface area contributed by atoms with Crippen molar-refractivity contribution in [1.29, 1.82) is 0 Å². The van der Waals surface area contributed by atoms with Gasteiger partial charge >= 0.3 is 0 Å². The molecule has 0 fully saturated rings. The van der Waals surface area contributed by atoms with Gasteiger partial charge in [-0.25, -0.2) is 0 Å². The summed E-state index contributed by atoms with van der Waals surface area (Å²) < 4.78 is 11.0. The largest absolute Gasteiger partial charge is 0.468 e. The van der Waals surface area contributed by atoms with Crippen LogP contribution in [0.4, 0.5) is 0 Å². The minimum atomic E-state index is -0.0668. The molecule has 0 aliphatic heterocycles. The van der Waals surface area contributed by atoms with Gasteiger partial charge in [-0.1, -0.05) is 0 Å². The maximum absolute atomic E-state index is 9.08. The lowest BCUT2D eigenvalue weighted by Gasteiger charge is -2.19. The summed E-state index contributed by atoms with van der Waals surface area (Å²) in [6.45, 7) is 2.16. The van der Waals surface area contributed by atoms with Crippen LogP contribution in [0.15, 0.2) is 56.2 Å². The van der Waals surface area contributed by atoms with Crippen LogP contribution in [-0.4, -0.2) is 10.0 Å². The second kappa shape index (κ2) is 6.76. The first kappa shape index (κ1) is 14.1. The molecule has 0 aromatic carbocycles. The fraction of sp³-hybridized carbons (Fsp3) is 0.250. The third-order valence-corrected chi connectivity index (χ3v) is 3.93. The Balaban J connectivity index is 1.71. The third kappa shape index (κ3) is 3.85. The molecule has 1 N–H and O–H groups in total. The van der Waals surface area contributed by atoms with Gasteiger partial charge in [0.1, 0.15) is 23.9 Å². The van der Waals surface area contributed by atoms with Gasteiger partial charge in [-0.05, 0) is 46.7 Å². The van der Waals surface area contributed by atoms with E-state index in [1.54, 1.807) is 17.6 Å². The number of hydrogen-bond donors (Lipinski definition) is 1. The van der Waals surface area contributed by atoms with Gasteiger partial charge in [-0.2, -0.15) is 11.3 Å². The van der Waals surface area contributed by atoms with E-state index in [-0.39, 0.29) is 6.61 Å². The summed E-state index contributed by atoms with van der Waals surface area (Å²) in [5.74, 6) is 2.37. The molecule has 110 valence electrons. The molecule has 0 bridgehead atoms. The zero-order chi connectivity index (χ0) is 14.5. The molecule has 3 aromatic rings. The summed E-state index contributed by atoms with van der Waals surface area (Å²) >= 11 is 1.70. The molecule has 0 spiro atoms. The lowest BCUT2D eigenvalue weighted by molar-refractivity contribution is 0.198. The highest BCUT2D eigenvalue weighted by atomic mass is 32.1. The standard InChI is InChI=1S/C16H17NO3S/c18-11-16-4-3-15(20-16)10-17(8-13-5-7-21-12-13)9-14-2-1-6-19-14/h1-7,12,18H,8-11H2. The Labute approximate surface area is 127 Å². The summed E-state index contributed by atoms with van der Waals surface area (Å²) in [5, 5.41) is 13.3. The smallest absolute Gasteiger partial charge is 0.129 e. The van der Waals surface area contributed by atoms with Crippen LogP contribution in [-0.2, 0) is 26.2 Å². The zero-order valence-electron chi connectivity index (χ0n) is 11.6. The van der Waals surface area contributed by atoms with E-state index in [9.17, 15) is 0 Å². The molecule has 0 amide bonds. The molecule has 21 heavy (non-hydrogen) atoms. The van der Waals surface area contributed by atoms with Crippen LogP contribution in [0.2, 0.25) is 0 Å². The van der Waals surface area contributed by atoms with Crippen LogP contribution in [0.1, 0.15) is 22.8 Å². The lowest BCUT2D eigenvalue weighted by Crippen LogP contribution is -2.21. The predicted octanol–water partition coefficient (Wildman–Crippen LogP) is 3.63. The maximum Gasteiger partial charge on any atom is 0.129 e. The first-order valence-corrected chi connectivity index (χ1v) is 7.72. The summed E-state index contributed by atoms with van der Waals surface area (Å²) in [6, 6.07) is 9.72. The van der Waals surface area contributed by atoms with Crippen molar-refractivity contribution in [3.63, 3.8) is 0 Å². The molecule has 0 saturated heterocycles. The van der Waals surface area contributed by atoms with Crippen molar-refractivity contribution in [1.82, 2.24) is 4.90 Å². The van der Waals surface area contributed by atoms with Crippen molar-refractivity contribution in [3.05, 3.63) is 70.2 Å². The number of aliphatic hydroxyl groups is 1. The molecule has 3 rings (SSSR count). The summed E-state index contributed by atoms with van der Waals surface area (Å²) in [6.07, 6.45) is 1.69. The van der Waals surface area contributed by atoms with Crippen LogP contribution >= 0.6 is 11.3 Å². The highest BCUT2D eigenvalue weighted by Gasteiger charge is 2.12. The van der Waals surface area contributed by atoms with Crippen molar-refractivity contribution in [2.24, 2.45) is 0 Å². The van der Waals surface area contributed by atoms with E-state index in [4.69, 9.17) is 13.9 Å². The fourth-order valence-electron chi connectivity index (χ4n) is 2.24. The SMILES string of the molecule is OCc1ccc(CN(Cc2ccsc2)Cc2ccco2)o1. The summed E-state index contributed by atoms with van der Waals surface area (Å²) in [4.78, 5) is 2.25. The average Bonchev–Trinajstić information content (AvgIpc) is 3.20. The first-order chi connectivity index (χ1) is 10.3. The van der Waals surface area contributed by atoms with Crippen molar-refractivity contribution in [3.8, 4) is 0 Å². The van der Waals surface area contributed by atoms with Crippen molar-refractivity contribution < 1.29 is 13.9 Å². The van der Waals surface area contributed by atoms with Crippen LogP contribution < -0.4 is 0 Å². The molecular formula is C16H17NO3S. The van der Waals surface area contributed by atoms with Gasteiger partial charge in [0.05, 0.1) is 19.4 Å². The minimum Gasteiger partial charge on any atom is -0.468 e. The van der Waals surface area contributed by atoms with Crippen LogP contribution in [0.25, 0.3) is 0 Å². The average molecular weight is 303 g/mol. The molecule has 4 nitrogen and oxygen atoms in total. The summed E-state index contributed by atoms with van der Waals surface area (Å²) in [5.41, 5.74) is 1.28. The van der Waals surface area contributed by atoms with E-state index in [1.807, 2.05) is 24.3 Å². The van der Waals surface area contributed by atoms with E-state index in [2.05, 4.69) is 21.7 Å². The third-order valence-electron chi connectivity index (χ3n) is 3.20. The molecule has 0 aliphatic carbocycles. The molecule has 0 atom stereocenters. The molecule has 5 heteroatoms. The van der Waals surface area contributed by atoms with E-state index < -0.39 is 0 Å². The maximum atomic E-state index is 9.08. The van der Waals surface area contributed by atoms with Crippen molar-refractivity contribution in [2.75, 3.05) is 0 Å². The van der Waals surface area contributed by atoms with E-state index >= 15 is 0 Å². The highest BCUT2D eigenvalue weighted by Crippen LogP contribution is 2.17. The minimum absolute atomic E-state index is 0.0668. The van der Waals surface area contributed by atoms with Crippen LogP contribution in [0.5, 0.6) is 0 Å². The number of nitrogens with zero attached hydrogens (tertiary/aromatic N) is 1. The Morgan fingerprint density at radius 2 is 1.86 bits per heavy atom. The molecule has 0 aliphatic rings. The quantitative estimate of drug-likeness (QED) is 0.724. The topological polar surface area (TPSA) is 49.8 Å². The lowest BCUT2D eigenvalue weighted by atomic mass is 10.2. The molecule has 0 saturated carbocycles. The summed E-state index contributed by atoms with van der Waals surface area (Å²) in [7, 11) is 0. The Morgan fingerprint density at radius 3 is 2.52 bits per heavy atom. The Morgan fingerprint density at radius 1 is 1.00 bits per heavy atom. The van der Waals surface area contributed by atoms with Gasteiger partial charge in [-0.15, -0.1) is 0 Å². The molecule has 3 aromatic heterocycles. The fourth-order valence-corrected chi connectivity index (χ4v) is 2.90. The van der Waals surface area contributed by atoms with E-state index in [1.165, 1.54) is 5.56 Å². The Hall–Kier alpha value is -1.82. The Kier molecular flexibility index (Phi) is 4.55. The van der Waals surface area contributed by atoms with E-state index in [0.29, 0.717) is 12.3 Å². The van der Waals surface area contributed by atoms with Gasteiger partial charge < -0.3 is 13.9 Å². The first-order valence-electron chi connectivity index (χ1n) is 6.78. The Bertz CT molecular complexity index is 607.